The van der Waals surface area contributed by atoms with E-state index in [1.807, 2.05) is 6.07 Å². The van der Waals surface area contributed by atoms with Crippen molar-refractivity contribution in [3.63, 3.8) is 0 Å². The first kappa shape index (κ1) is 21.2. The van der Waals surface area contributed by atoms with Crippen molar-refractivity contribution in [1.29, 1.82) is 0 Å². The molecule has 1 aromatic carbocycles. The van der Waals surface area contributed by atoms with E-state index in [0.717, 1.165) is 51.0 Å². The van der Waals surface area contributed by atoms with Crippen LogP contribution in [0.2, 0.25) is 0 Å². The Morgan fingerprint density at radius 2 is 2.08 bits per heavy atom. The minimum absolute atomic E-state index is 0. The number of benzene rings is 1. The Bertz CT molecular complexity index is 553. The van der Waals surface area contributed by atoms with Crippen LogP contribution in [-0.4, -0.2) is 23.9 Å². The van der Waals surface area contributed by atoms with Gasteiger partial charge in [0.25, 0.3) is 0 Å². The Morgan fingerprint density at radius 3 is 2.79 bits per heavy atom. The molecule has 4 nitrogen and oxygen atoms in total. The van der Waals surface area contributed by atoms with Crippen molar-refractivity contribution in [2.45, 2.75) is 45.7 Å². The average Bonchev–Trinajstić information content (AvgIpc) is 3.13. The molecule has 1 heterocycles. The third-order valence-corrected chi connectivity index (χ3v) is 5.15. The Hall–Kier alpha value is -0.810. The molecule has 6 heteroatoms. The fourth-order valence-corrected chi connectivity index (χ4v) is 3.97. The van der Waals surface area contributed by atoms with Crippen LogP contribution in [0.25, 0.3) is 0 Å². The van der Waals surface area contributed by atoms with E-state index in [9.17, 15) is 4.79 Å². The molecular weight excluding hydrogens is 345 g/mol. The Labute approximate surface area is 157 Å². The van der Waals surface area contributed by atoms with Gasteiger partial charge in [0, 0.05) is 24.7 Å². The first-order chi connectivity index (χ1) is 10.7. The molecule has 0 unspecified atom stereocenters. The highest BCUT2D eigenvalue weighted by molar-refractivity contribution is 5.94. The van der Waals surface area contributed by atoms with Crippen molar-refractivity contribution < 1.29 is 4.79 Å². The van der Waals surface area contributed by atoms with Gasteiger partial charge in [-0.2, -0.15) is 0 Å². The topological polar surface area (TPSA) is 58.4 Å². The highest BCUT2D eigenvalue weighted by atomic mass is 35.5. The Balaban J connectivity index is 0.00000144. The minimum Gasteiger partial charge on any atom is -0.330 e. The van der Waals surface area contributed by atoms with Gasteiger partial charge in [-0.3, -0.25) is 9.69 Å². The van der Waals surface area contributed by atoms with Crippen LogP contribution in [0.15, 0.2) is 18.2 Å². The summed E-state index contributed by atoms with van der Waals surface area (Å²) < 4.78 is 0. The van der Waals surface area contributed by atoms with Crippen LogP contribution in [-0.2, 0) is 17.9 Å². The normalized spacial score (nSPS) is 22.4. The van der Waals surface area contributed by atoms with Gasteiger partial charge < -0.3 is 11.1 Å². The van der Waals surface area contributed by atoms with Crippen molar-refractivity contribution in [3.8, 4) is 0 Å². The molecule has 1 amide bonds. The van der Waals surface area contributed by atoms with Crippen LogP contribution >= 0.6 is 24.8 Å². The number of carbonyl (C=O) groups excluding carboxylic acids is 1. The molecule has 1 aliphatic carbocycles. The van der Waals surface area contributed by atoms with Gasteiger partial charge in [0.15, 0.2) is 0 Å². The quantitative estimate of drug-likeness (QED) is 0.829. The van der Waals surface area contributed by atoms with E-state index >= 15 is 0 Å². The highest BCUT2D eigenvalue weighted by Crippen LogP contribution is 2.34. The van der Waals surface area contributed by atoms with E-state index in [-0.39, 0.29) is 36.6 Å². The zero-order chi connectivity index (χ0) is 15.5. The maximum atomic E-state index is 12.6. The van der Waals surface area contributed by atoms with Gasteiger partial charge >= 0.3 is 0 Å². The molecule has 1 saturated carbocycles. The number of halogens is 2. The first-order valence-corrected chi connectivity index (χ1v) is 8.57. The molecule has 1 aromatic rings. The van der Waals surface area contributed by atoms with Crippen molar-refractivity contribution in [2.75, 3.05) is 18.4 Å². The molecular formula is C18H29Cl2N3O. The molecule has 0 aromatic heterocycles. The molecule has 24 heavy (non-hydrogen) atoms. The van der Waals surface area contributed by atoms with Crippen LogP contribution in [0.1, 0.15) is 43.7 Å². The van der Waals surface area contributed by atoms with Crippen molar-refractivity contribution in [3.05, 3.63) is 29.3 Å². The van der Waals surface area contributed by atoms with Gasteiger partial charge in [-0.25, -0.2) is 0 Å². The molecule has 3 N–H and O–H groups in total. The molecule has 3 rings (SSSR count). The molecule has 0 saturated heterocycles. The number of nitrogens with one attached hydrogen (secondary N) is 1. The van der Waals surface area contributed by atoms with E-state index in [4.69, 9.17) is 5.73 Å². The van der Waals surface area contributed by atoms with Crippen molar-refractivity contribution in [1.82, 2.24) is 4.90 Å². The molecule has 1 fully saturated rings. The molecule has 0 radical (unpaired) electrons. The third kappa shape index (κ3) is 4.42. The van der Waals surface area contributed by atoms with Crippen molar-refractivity contribution in [2.24, 2.45) is 17.6 Å². The van der Waals surface area contributed by atoms with Gasteiger partial charge in [0.05, 0.1) is 0 Å². The number of fused-ring (bicyclic) bond motifs is 1. The summed E-state index contributed by atoms with van der Waals surface area (Å²) in [5.41, 5.74) is 9.47. The Morgan fingerprint density at radius 1 is 1.29 bits per heavy atom. The zero-order valence-electron chi connectivity index (χ0n) is 14.3. The number of hydrogen-bond acceptors (Lipinski definition) is 3. The lowest BCUT2D eigenvalue weighted by Crippen LogP contribution is -2.30. The maximum Gasteiger partial charge on any atom is 0.227 e. The lowest BCUT2D eigenvalue weighted by Gasteiger charge is -2.19. The lowest BCUT2D eigenvalue weighted by atomic mass is 9.95. The molecule has 2 atom stereocenters. The van der Waals surface area contributed by atoms with Crippen LogP contribution in [0.3, 0.4) is 0 Å². The summed E-state index contributed by atoms with van der Waals surface area (Å²) >= 11 is 0. The first-order valence-electron chi connectivity index (χ1n) is 8.57. The fraction of sp³-hybridized carbons (Fsp3) is 0.611. The number of amides is 1. The predicted molar refractivity (Wildman–Crippen MR) is 104 cm³/mol. The largest absolute Gasteiger partial charge is 0.330 e. The summed E-state index contributed by atoms with van der Waals surface area (Å²) in [6, 6.07) is 6.27. The van der Waals surface area contributed by atoms with Gasteiger partial charge in [-0.05, 0) is 55.5 Å². The van der Waals surface area contributed by atoms with Crippen molar-refractivity contribution >= 4 is 36.4 Å². The summed E-state index contributed by atoms with van der Waals surface area (Å²) in [5.74, 6) is 0.609. The summed E-state index contributed by atoms with van der Waals surface area (Å²) in [7, 11) is 0. The van der Waals surface area contributed by atoms with Gasteiger partial charge in [-0.1, -0.05) is 25.5 Å². The van der Waals surface area contributed by atoms with Gasteiger partial charge in [0.1, 0.15) is 0 Å². The molecule has 0 bridgehead atoms. The Kier molecular flexibility index (Phi) is 8.51. The lowest BCUT2D eigenvalue weighted by molar-refractivity contribution is -0.120. The molecule has 1 aliphatic heterocycles. The van der Waals surface area contributed by atoms with Gasteiger partial charge in [-0.15, -0.1) is 24.8 Å². The summed E-state index contributed by atoms with van der Waals surface area (Å²) in [6.07, 6.45) is 4.35. The number of rotatable bonds is 5. The highest BCUT2D eigenvalue weighted by Gasteiger charge is 2.32. The van der Waals surface area contributed by atoms with E-state index in [1.165, 1.54) is 11.1 Å². The molecule has 2 aliphatic rings. The number of nitrogens with two attached hydrogens (primary N) is 1. The summed E-state index contributed by atoms with van der Waals surface area (Å²) in [5, 5.41) is 3.19. The standard InChI is InChI=1S/C18H27N3O.2ClH/c1-2-9-21-11-14-6-4-8-17(16(14)12-21)20-18(22)15-7-3-5-13(15)10-19;;/h4,6,8,13,15H,2-3,5,7,9-12,19H2,1H3,(H,20,22);2*1H/t13-,15-;;/m1../s1. The number of hydrogen-bond donors (Lipinski definition) is 2. The van der Waals surface area contributed by atoms with E-state index in [1.54, 1.807) is 0 Å². The minimum atomic E-state index is 0. The summed E-state index contributed by atoms with van der Waals surface area (Å²) in [6.45, 7) is 5.89. The third-order valence-electron chi connectivity index (χ3n) is 5.15. The fourth-order valence-electron chi connectivity index (χ4n) is 3.97. The molecule has 136 valence electrons. The van der Waals surface area contributed by atoms with Crippen LogP contribution in [0.5, 0.6) is 0 Å². The van der Waals surface area contributed by atoms with E-state index < -0.39 is 0 Å². The second-order valence-corrected chi connectivity index (χ2v) is 6.68. The van der Waals surface area contributed by atoms with Gasteiger partial charge in [0.2, 0.25) is 5.91 Å². The second kappa shape index (κ2) is 9.62. The zero-order valence-corrected chi connectivity index (χ0v) is 15.9. The summed E-state index contributed by atoms with van der Waals surface area (Å²) in [4.78, 5) is 15.1. The van der Waals surface area contributed by atoms with E-state index in [2.05, 4.69) is 29.3 Å². The number of anilines is 1. The average molecular weight is 374 g/mol. The smallest absolute Gasteiger partial charge is 0.227 e. The number of nitrogens with zero attached hydrogens (tertiary/aromatic N) is 1. The SMILES string of the molecule is CCCN1Cc2cccc(NC(=O)[C@@H]3CCC[C@@H]3CN)c2C1.Cl.Cl. The molecule has 0 spiro atoms. The monoisotopic (exact) mass is 373 g/mol. The predicted octanol–water partition coefficient (Wildman–Crippen LogP) is 3.57. The van der Waals surface area contributed by atoms with Crippen LogP contribution < -0.4 is 11.1 Å². The second-order valence-electron chi connectivity index (χ2n) is 6.68. The van der Waals surface area contributed by atoms with Crippen LogP contribution in [0, 0.1) is 11.8 Å². The van der Waals surface area contributed by atoms with E-state index in [0.29, 0.717) is 12.5 Å². The number of carbonyl (C=O) groups is 1. The van der Waals surface area contributed by atoms with Crippen LogP contribution in [0.4, 0.5) is 5.69 Å². The maximum absolute atomic E-state index is 12.6.